The highest BCUT2D eigenvalue weighted by atomic mass is 16.8. The quantitative estimate of drug-likeness (QED) is 0.107. The lowest BCUT2D eigenvalue weighted by Crippen LogP contribution is -2.68. The molecule has 20 N–H and O–H groups in total. The molecule has 36 nitrogen and oxygen atoms in total. The van der Waals surface area contributed by atoms with Gasteiger partial charge in [0, 0.05) is 6.92 Å². The first-order chi connectivity index (χ1) is 39.5. The second kappa shape index (κ2) is 27.3. The number of rotatable bonds is 8. The Bertz CT molecular complexity index is 2200. The molecular weight excluding hydrogens is 1140 g/mol. The summed E-state index contributed by atoms with van der Waals surface area (Å²) in [6.45, 7) is -4.73. The van der Waals surface area contributed by atoms with Gasteiger partial charge in [0.15, 0.2) is 44.0 Å². The molecule has 1 aromatic rings. The maximum atomic E-state index is 11.8. The number of aliphatic hydroxyl groups is 20. The summed E-state index contributed by atoms with van der Waals surface area (Å²) in [5, 5.41) is 223. The smallest absolute Gasteiger partial charge is 0.253 e. The summed E-state index contributed by atoms with van der Waals surface area (Å²) in [5.41, 5.74) is 0. The fourth-order valence-corrected chi connectivity index (χ4v) is 11.4. The average Bonchev–Trinajstić information content (AvgIpc) is 3.77. The first-order valence-corrected chi connectivity index (χ1v) is 26.9. The summed E-state index contributed by atoms with van der Waals surface area (Å²) in [6.07, 6.45) is -66.0. The molecule has 83 heavy (non-hydrogen) atoms. The van der Waals surface area contributed by atoms with Crippen molar-refractivity contribution in [3.05, 3.63) is 18.2 Å². The number of nitrogens with zero attached hydrogens (tertiary/aromatic N) is 2. The molecule has 0 amide bonds. The van der Waals surface area contributed by atoms with E-state index in [1.165, 1.54) is 0 Å². The number of aryl methyl sites for hydroxylation is 1. The Hall–Kier alpha value is -2.15. The molecule has 0 aliphatic carbocycles. The van der Waals surface area contributed by atoms with E-state index in [4.69, 9.17) is 66.3 Å². The van der Waals surface area contributed by atoms with Gasteiger partial charge in [-0.2, -0.15) is 0 Å². The summed E-state index contributed by atoms with van der Waals surface area (Å²) in [4.78, 5) is 0. The van der Waals surface area contributed by atoms with E-state index in [-0.39, 0.29) is 6.54 Å². The van der Waals surface area contributed by atoms with Crippen LogP contribution in [0.25, 0.3) is 0 Å². The Kier molecular flexibility index (Phi) is 21.5. The van der Waals surface area contributed by atoms with Crippen molar-refractivity contribution in [2.75, 3.05) is 39.6 Å². The predicted octanol–water partition coefficient (Wildman–Crippen LogP) is -14.6. The minimum absolute atomic E-state index is 0.235. The molecular formula is C47H77N2O34+. The molecule has 36 heteroatoms. The molecule has 1 aromatic heterocycles. The summed E-state index contributed by atoms with van der Waals surface area (Å²) < 4.78 is 84.8. The summed E-state index contributed by atoms with van der Waals surface area (Å²) >= 11 is 0. The number of hydrogen-bond donors (Lipinski definition) is 20. The number of hydrogen-bond acceptors (Lipinski definition) is 34. The molecule has 0 radical (unpaired) electrons. The molecule has 21 aliphatic heterocycles. The first kappa shape index (κ1) is 65.3. The second-order valence-corrected chi connectivity index (χ2v) is 21.6. The highest BCUT2D eigenvalue weighted by Gasteiger charge is 2.60. The van der Waals surface area contributed by atoms with Gasteiger partial charge in [0.2, 0.25) is 0 Å². The summed E-state index contributed by atoms with van der Waals surface area (Å²) in [6, 6.07) is 0. The van der Waals surface area contributed by atoms with Crippen molar-refractivity contribution >= 4 is 0 Å². The first-order valence-electron chi connectivity index (χ1n) is 26.9. The van der Waals surface area contributed by atoms with Crippen LogP contribution in [0.15, 0.2) is 12.4 Å². The summed E-state index contributed by atoms with van der Waals surface area (Å²) in [5.74, 6) is 0.597. The summed E-state index contributed by atoms with van der Waals surface area (Å²) in [7, 11) is 1.71. The molecule has 0 saturated carbocycles. The van der Waals surface area contributed by atoms with E-state index >= 15 is 0 Å². The Morgan fingerprint density at radius 3 is 0.651 bits per heavy atom. The van der Waals surface area contributed by atoms with Gasteiger partial charge < -0.3 is 168 Å². The molecule has 22 rings (SSSR count). The number of ether oxygens (including phenoxy) is 14. The maximum Gasteiger partial charge on any atom is 0.253 e. The van der Waals surface area contributed by atoms with Crippen molar-refractivity contribution in [1.82, 2.24) is 4.57 Å². The molecule has 21 aliphatic rings. The van der Waals surface area contributed by atoms with Gasteiger partial charge in [-0.1, -0.05) is 0 Å². The van der Waals surface area contributed by atoms with Crippen LogP contribution in [0.4, 0.5) is 0 Å². The standard InChI is InChI=1S/C47H77N2O34/c1-12-48(2)3-4-49(12)5-13-34-20(56)27(63)41(70-13)78-35-14(6-50)72-43(29(65)22(35)58)80-37-16(8-52)74-45(31(67)24(37)60)82-39-18(10-54)76-47(33(69)26(39)62)83-40-19(11-55)75-46(32(68)25(40)61)81-38-17(9-53)73-44(30(66)23(38)59)79-36-15(7-51)71-42(77-34)28(64)21(36)57/h3-4,13-47,50-69H,5-11H2,1-2H3/q+1/t13-,14-,15-,16-,17-,18-,19-,20-,21-,22-,23-,24-,25-,26-,27-,28-,29-,30-,31-,32-,33-,34-,35-,36-,37-,38-,39-,40-,41-,42-,43-,44-,45-,46-,47-/m1/s1. The fourth-order valence-electron chi connectivity index (χ4n) is 11.4. The van der Waals surface area contributed by atoms with Crippen LogP contribution < -0.4 is 4.57 Å². The van der Waals surface area contributed by atoms with Crippen molar-refractivity contribution in [2.24, 2.45) is 7.05 Å². The third kappa shape index (κ3) is 12.7. The molecule has 21 fully saturated rings. The van der Waals surface area contributed by atoms with Crippen molar-refractivity contribution < 1.29 is 173 Å². The van der Waals surface area contributed by atoms with Gasteiger partial charge in [0.25, 0.3) is 5.82 Å². The van der Waals surface area contributed by atoms with Crippen LogP contribution in [-0.2, 0) is 79.9 Å². The minimum Gasteiger partial charge on any atom is -0.394 e. The van der Waals surface area contributed by atoms with Crippen molar-refractivity contribution in [3.63, 3.8) is 0 Å². The molecule has 22 heterocycles. The van der Waals surface area contributed by atoms with Gasteiger partial charge >= 0.3 is 0 Å². The fraction of sp³-hybridized carbons (Fsp3) is 0.936. The van der Waals surface area contributed by atoms with Gasteiger partial charge in [-0.3, -0.25) is 0 Å². The highest BCUT2D eigenvalue weighted by Crippen LogP contribution is 2.39. The van der Waals surface area contributed by atoms with Crippen molar-refractivity contribution in [2.45, 2.75) is 228 Å². The molecule has 35 atom stereocenters. The Labute approximate surface area is 470 Å². The average molecular weight is 1210 g/mol. The van der Waals surface area contributed by atoms with Gasteiger partial charge in [0.1, 0.15) is 190 Å². The zero-order valence-corrected chi connectivity index (χ0v) is 44.4. The normalized spacial score (nSPS) is 52.2. The lowest BCUT2D eigenvalue weighted by Gasteiger charge is -2.50. The van der Waals surface area contributed by atoms with Crippen LogP contribution in [-0.4, -0.2) is 361 Å². The molecule has 14 bridgehead atoms. The van der Waals surface area contributed by atoms with Gasteiger partial charge in [0.05, 0.1) is 46.7 Å². The minimum atomic E-state index is -2.20. The van der Waals surface area contributed by atoms with Crippen LogP contribution in [0.2, 0.25) is 0 Å². The van der Waals surface area contributed by atoms with Gasteiger partial charge in [-0.25, -0.2) is 9.13 Å². The monoisotopic (exact) mass is 1210 g/mol. The van der Waals surface area contributed by atoms with E-state index in [2.05, 4.69) is 0 Å². The predicted molar refractivity (Wildman–Crippen MR) is 252 cm³/mol. The van der Waals surface area contributed by atoms with Crippen LogP contribution in [0.3, 0.4) is 0 Å². The SMILES string of the molecule is Cc1n(C[C@H]2O[C@@H]3O[C@H]4[C@H](O)[C@@H](O)[C@@H](O[C@H]5[C@H](O)[C@@H](O)[C@@H](O[C@H]6[C@H](O)[C@@H](O)[C@@H](O[C@H]7[C@H](O)[C@@H](O)[C@@H](O[C@H]8[C@H](O)[C@@H](O)[C@@H](O[C@H]9[C@H](O)[C@@H](O)[C@@H](O[C@H]2[C@H](O)[C@H]3O)O[C@@H]9CO)O[C@@H]8CO)O[C@@H]7CO)O[C@@H]6CO)O[C@@H]5CO)O[C@@H]4CO)cc[n+]1C. The van der Waals surface area contributed by atoms with E-state index in [0.29, 0.717) is 5.82 Å². The maximum absolute atomic E-state index is 11.8. The van der Waals surface area contributed by atoms with Crippen molar-refractivity contribution in [3.8, 4) is 0 Å². The Balaban J connectivity index is 1.02. The van der Waals surface area contributed by atoms with Crippen LogP contribution >= 0.6 is 0 Å². The van der Waals surface area contributed by atoms with E-state index in [1.807, 2.05) is 0 Å². The Morgan fingerprint density at radius 1 is 0.301 bits per heavy atom. The molecule has 21 saturated heterocycles. The number of imidazole rings is 1. The van der Waals surface area contributed by atoms with Crippen LogP contribution in [0.5, 0.6) is 0 Å². The van der Waals surface area contributed by atoms with E-state index in [0.717, 1.165) is 0 Å². The van der Waals surface area contributed by atoms with E-state index < -0.39 is 255 Å². The van der Waals surface area contributed by atoms with Crippen LogP contribution in [0.1, 0.15) is 5.82 Å². The van der Waals surface area contributed by atoms with Crippen molar-refractivity contribution in [1.29, 1.82) is 0 Å². The van der Waals surface area contributed by atoms with E-state index in [9.17, 15) is 102 Å². The zero-order valence-electron chi connectivity index (χ0n) is 44.4. The largest absolute Gasteiger partial charge is 0.394 e. The molecule has 478 valence electrons. The van der Waals surface area contributed by atoms with Gasteiger partial charge in [-0.05, 0) is 0 Å². The second-order valence-electron chi connectivity index (χ2n) is 21.6. The number of aliphatic hydroxyl groups excluding tert-OH is 20. The lowest BCUT2D eigenvalue weighted by atomic mass is 9.95. The van der Waals surface area contributed by atoms with Gasteiger partial charge in [-0.15, -0.1) is 0 Å². The highest BCUT2D eigenvalue weighted by molar-refractivity contribution is 5.02. The van der Waals surface area contributed by atoms with Crippen LogP contribution in [0, 0.1) is 6.92 Å². The molecule has 0 unspecified atom stereocenters. The zero-order chi connectivity index (χ0) is 60.2. The lowest BCUT2D eigenvalue weighted by molar-refractivity contribution is -0.677. The molecule has 0 spiro atoms. The number of aromatic nitrogens is 2. The Morgan fingerprint density at radius 2 is 0.482 bits per heavy atom. The topological polar surface area (TPSA) is 543 Å². The molecule has 0 aromatic carbocycles. The third-order valence-corrected chi connectivity index (χ3v) is 16.4. The third-order valence-electron chi connectivity index (χ3n) is 16.4. The van der Waals surface area contributed by atoms with E-state index in [1.54, 1.807) is 35.5 Å².